The van der Waals surface area contributed by atoms with E-state index < -0.39 is 4.92 Å². The number of nitrogens with one attached hydrogen (secondary N) is 1. The van der Waals surface area contributed by atoms with Gasteiger partial charge in [0.05, 0.1) is 22.7 Å². The van der Waals surface area contributed by atoms with Crippen molar-refractivity contribution >= 4 is 17.3 Å². The summed E-state index contributed by atoms with van der Waals surface area (Å²) in [6.07, 6.45) is 1.20. The van der Waals surface area contributed by atoms with Gasteiger partial charge in [-0.25, -0.2) is 0 Å². The van der Waals surface area contributed by atoms with E-state index in [2.05, 4.69) is 24.1 Å². The topological polar surface area (TPSA) is 75.5 Å². The van der Waals surface area contributed by atoms with Gasteiger partial charge < -0.3 is 5.32 Å². The van der Waals surface area contributed by atoms with Gasteiger partial charge in [0.1, 0.15) is 0 Å². The molecule has 22 heavy (non-hydrogen) atoms. The molecule has 1 N–H and O–H groups in total. The van der Waals surface area contributed by atoms with Crippen LogP contribution in [0.3, 0.4) is 0 Å². The number of carbonyl (C=O) groups excluding carboxylic acids is 1. The number of piperidine rings is 1. The maximum absolute atomic E-state index is 12.2. The quantitative estimate of drug-likeness (QED) is 0.685. The lowest BCUT2D eigenvalue weighted by atomic mass is 9.92. The number of likely N-dealkylation sites (tertiary alicyclic amines) is 1. The Bertz CT molecular complexity index is 564. The summed E-state index contributed by atoms with van der Waals surface area (Å²) in [4.78, 5) is 24.9. The van der Waals surface area contributed by atoms with Crippen molar-refractivity contribution in [1.29, 1.82) is 0 Å². The first-order valence-corrected chi connectivity index (χ1v) is 7.63. The van der Waals surface area contributed by atoms with Crippen LogP contribution in [0.1, 0.15) is 25.8 Å². The third-order valence-corrected chi connectivity index (χ3v) is 4.09. The van der Waals surface area contributed by atoms with E-state index in [0.29, 0.717) is 29.6 Å². The summed E-state index contributed by atoms with van der Waals surface area (Å²) in [7, 11) is 0. The van der Waals surface area contributed by atoms with E-state index in [1.54, 1.807) is 19.1 Å². The smallest absolute Gasteiger partial charge is 0.274 e. The molecule has 1 aliphatic heterocycles. The average Bonchev–Trinajstić information content (AvgIpc) is 2.39. The summed E-state index contributed by atoms with van der Waals surface area (Å²) >= 11 is 0. The molecule has 0 aromatic heterocycles. The molecule has 6 nitrogen and oxygen atoms in total. The van der Waals surface area contributed by atoms with Crippen molar-refractivity contribution in [2.45, 2.75) is 27.2 Å². The van der Waals surface area contributed by atoms with Crippen molar-refractivity contribution in [3.05, 3.63) is 33.9 Å². The summed E-state index contributed by atoms with van der Waals surface area (Å²) in [5.74, 6) is 1.07. The number of hydrogen-bond acceptors (Lipinski definition) is 4. The molecule has 2 atom stereocenters. The number of carbonyl (C=O) groups is 1. The first kappa shape index (κ1) is 16.4. The number of hydrogen-bond donors (Lipinski definition) is 1. The number of nitro benzene ring substituents is 1. The van der Waals surface area contributed by atoms with E-state index in [4.69, 9.17) is 0 Å². The number of benzene rings is 1. The summed E-state index contributed by atoms with van der Waals surface area (Å²) in [5, 5.41) is 13.7. The van der Waals surface area contributed by atoms with E-state index >= 15 is 0 Å². The lowest BCUT2D eigenvalue weighted by Gasteiger charge is -2.34. The van der Waals surface area contributed by atoms with Crippen molar-refractivity contribution in [1.82, 2.24) is 4.90 Å². The van der Waals surface area contributed by atoms with E-state index in [1.165, 1.54) is 12.5 Å². The Balaban J connectivity index is 2.00. The minimum Gasteiger partial charge on any atom is -0.324 e. The molecule has 0 radical (unpaired) electrons. The number of anilines is 1. The SMILES string of the molecule is Cc1c(NC(=O)CN2CC(C)CC(C)C2)cccc1[N+](=O)[O-]. The second kappa shape index (κ2) is 6.87. The summed E-state index contributed by atoms with van der Waals surface area (Å²) < 4.78 is 0. The predicted molar refractivity (Wildman–Crippen MR) is 85.8 cm³/mol. The maximum atomic E-state index is 12.2. The van der Waals surface area contributed by atoms with Crippen LogP contribution in [-0.4, -0.2) is 35.4 Å². The molecule has 2 rings (SSSR count). The van der Waals surface area contributed by atoms with Crippen LogP contribution in [0.2, 0.25) is 0 Å². The average molecular weight is 305 g/mol. The number of nitrogens with zero attached hydrogens (tertiary/aromatic N) is 2. The normalized spacial score (nSPS) is 22.3. The van der Waals surface area contributed by atoms with E-state index in [1.807, 2.05) is 0 Å². The van der Waals surface area contributed by atoms with E-state index in [-0.39, 0.29) is 11.6 Å². The van der Waals surface area contributed by atoms with Gasteiger partial charge in [-0.3, -0.25) is 19.8 Å². The number of amides is 1. The highest BCUT2D eigenvalue weighted by atomic mass is 16.6. The highest BCUT2D eigenvalue weighted by Gasteiger charge is 2.23. The molecule has 0 saturated carbocycles. The second-order valence-corrected chi connectivity index (χ2v) is 6.40. The van der Waals surface area contributed by atoms with Crippen LogP contribution in [0.25, 0.3) is 0 Å². The zero-order chi connectivity index (χ0) is 16.3. The van der Waals surface area contributed by atoms with E-state index in [9.17, 15) is 14.9 Å². The third kappa shape index (κ3) is 4.04. The van der Waals surface area contributed by atoms with E-state index in [0.717, 1.165) is 13.1 Å². The van der Waals surface area contributed by atoms with Gasteiger partial charge in [-0.2, -0.15) is 0 Å². The molecule has 1 aliphatic rings. The fraction of sp³-hybridized carbons (Fsp3) is 0.562. The zero-order valence-electron chi connectivity index (χ0n) is 13.3. The van der Waals surface area contributed by atoms with Crippen LogP contribution in [0.4, 0.5) is 11.4 Å². The minimum atomic E-state index is -0.432. The number of nitro groups is 1. The van der Waals surface area contributed by atoms with Crippen molar-refractivity contribution in [3.8, 4) is 0 Å². The van der Waals surface area contributed by atoms with Crippen molar-refractivity contribution in [2.24, 2.45) is 11.8 Å². The van der Waals surface area contributed by atoms with Crippen LogP contribution < -0.4 is 5.32 Å². The lowest BCUT2D eigenvalue weighted by molar-refractivity contribution is -0.385. The van der Waals surface area contributed by atoms with Gasteiger partial charge in [0.15, 0.2) is 0 Å². The third-order valence-electron chi connectivity index (χ3n) is 4.09. The summed E-state index contributed by atoms with van der Waals surface area (Å²) in [5.41, 5.74) is 1.02. The van der Waals surface area contributed by atoms with Crippen LogP contribution >= 0.6 is 0 Å². The molecule has 0 spiro atoms. The van der Waals surface area contributed by atoms with Gasteiger partial charge in [-0.1, -0.05) is 19.9 Å². The Kier molecular flexibility index (Phi) is 5.13. The molecule has 1 heterocycles. The molecular weight excluding hydrogens is 282 g/mol. The molecule has 1 saturated heterocycles. The molecule has 1 amide bonds. The lowest BCUT2D eigenvalue weighted by Crippen LogP contribution is -2.42. The van der Waals surface area contributed by atoms with Gasteiger partial charge in [0.25, 0.3) is 5.69 Å². The molecular formula is C16H23N3O3. The Morgan fingerprint density at radius 1 is 1.36 bits per heavy atom. The maximum Gasteiger partial charge on any atom is 0.274 e. The minimum absolute atomic E-state index is 0.0259. The van der Waals surface area contributed by atoms with Gasteiger partial charge in [0, 0.05) is 19.2 Å². The summed E-state index contributed by atoms with van der Waals surface area (Å²) in [6.45, 7) is 8.23. The monoisotopic (exact) mass is 305 g/mol. The molecule has 0 bridgehead atoms. The highest BCUT2D eigenvalue weighted by Crippen LogP contribution is 2.25. The van der Waals surface area contributed by atoms with Crippen LogP contribution in [0, 0.1) is 28.9 Å². The van der Waals surface area contributed by atoms with Crippen molar-refractivity contribution in [3.63, 3.8) is 0 Å². The first-order chi connectivity index (χ1) is 10.4. The molecule has 2 unspecified atom stereocenters. The molecule has 120 valence electrons. The fourth-order valence-electron chi connectivity index (χ4n) is 3.27. The highest BCUT2D eigenvalue weighted by molar-refractivity contribution is 5.93. The van der Waals surface area contributed by atoms with Gasteiger partial charge in [-0.05, 0) is 31.2 Å². The predicted octanol–water partition coefficient (Wildman–Crippen LogP) is 2.82. The molecule has 1 fully saturated rings. The molecule has 6 heteroatoms. The standard InChI is InChI=1S/C16H23N3O3/c1-11-7-12(2)9-18(8-11)10-16(20)17-14-5-4-6-15(13(14)3)19(21)22/h4-6,11-12H,7-10H2,1-3H3,(H,17,20). The largest absolute Gasteiger partial charge is 0.324 e. The van der Waals surface area contributed by atoms with Gasteiger partial charge in [-0.15, -0.1) is 0 Å². The molecule has 0 aliphatic carbocycles. The van der Waals surface area contributed by atoms with Gasteiger partial charge in [0.2, 0.25) is 5.91 Å². The first-order valence-electron chi connectivity index (χ1n) is 7.63. The molecule has 1 aromatic carbocycles. The Morgan fingerprint density at radius 2 is 2.00 bits per heavy atom. The summed E-state index contributed by atoms with van der Waals surface area (Å²) in [6, 6.07) is 4.73. The fourth-order valence-corrected chi connectivity index (χ4v) is 3.27. The Labute approximate surface area is 130 Å². The second-order valence-electron chi connectivity index (χ2n) is 6.40. The Morgan fingerprint density at radius 3 is 2.59 bits per heavy atom. The van der Waals surface area contributed by atoms with Crippen LogP contribution in [-0.2, 0) is 4.79 Å². The van der Waals surface area contributed by atoms with Crippen LogP contribution in [0.15, 0.2) is 18.2 Å². The van der Waals surface area contributed by atoms with Crippen molar-refractivity contribution in [2.75, 3.05) is 25.0 Å². The zero-order valence-corrected chi connectivity index (χ0v) is 13.3. The van der Waals surface area contributed by atoms with Gasteiger partial charge >= 0.3 is 0 Å². The van der Waals surface area contributed by atoms with Crippen molar-refractivity contribution < 1.29 is 9.72 Å². The Hall–Kier alpha value is -1.95. The van der Waals surface area contributed by atoms with Crippen LogP contribution in [0.5, 0.6) is 0 Å². The molecule has 1 aromatic rings. The number of rotatable bonds is 4.